The molecule has 134 valence electrons. The Morgan fingerprint density at radius 2 is 1.80 bits per heavy atom. The summed E-state index contributed by atoms with van der Waals surface area (Å²) in [7, 11) is 1.58. The number of alkyl halides is 3. The van der Waals surface area contributed by atoms with Crippen molar-refractivity contribution in [1.29, 1.82) is 0 Å². The Morgan fingerprint density at radius 1 is 1.16 bits per heavy atom. The van der Waals surface area contributed by atoms with Crippen molar-refractivity contribution < 1.29 is 17.9 Å². The first-order valence-electron chi connectivity index (χ1n) is 7.29. The van der Waals surface area contributed by atoms with Crippen molar-refractivity contribution in [2.75, 3.05) is 12.4 Å². The number of anilines is 1. The molecule has 0 saturated carbocycles. The fraction of sp³-hybridized carbons (Fsp3) is 0.235. The molecule has 0 fully saturated rings. The minimum absolute atomic E-state index is 0.139. The highest BCUT2D eigenvalue weighted by atomic mass is 35.5. The molecular weight excluding hydrogens is 373 g/mol. The van der Waals surface area contributed by atoms with Gasteiger partial charge in [0.05, 0.1) is 23.7 Å². The van der Waals surface area contributed by atoms with E-state index < -0.39 is 11.7 Å². The van der Waals surface area contributed by atoms with Crippen molar-refractivity contribution in [3.8, 4) is 5.75 Å². The van der Waals surface area contributed by atoms with Gasteiger partial charge in [0, 0.05) is 5.69 Å². The normalized spacial score (nSPS) is 12.4. The second-order valence-electron chi connectivity index (χ2n) is 5.29. The van der Waals surface area contributed by atoms with E-state index in [1.165, 1.54) is 12.1 Å². The zero-order valence-corrected chi connectivity index (χ0v) is 15.0. The fourth-order valence-electron chi connectivity index (χ4n) is 2.16. The second-order valence-corrected chi connectivity index (χ2v) is 6.10. The van der Waals surface area contributed by atoms with Gasteiger partial charge in [-0.05, 0) is 55.0 Å². The van der Waals surface area contributed by atoms with Crippen molar-refractivity contribution in [3.63, 3.8) is 0 Å². The maximum absolute atomic E-state index is 12.9. The predicted octanol–water partition coefficient (Wildman–Crippen LogP) is 5.42. The van der Waals surface area contributed by atoms with Gasteiger partial charge in [0.25, 0.3) is 0 Å². The minimum atomic E-state index is -4.53. The van der Waals surface area contributed by atoms with Crippen LogP contribution in [-0.4, -0.2) is 12.2 Å². The first-order chi connectivity index (χ1) is 11.7. The number of methoxy groups -OCH3 is 1. The van der Waals surface area contributed by atoms with Gasteiger partial charge in [0.1, 0.15) is 5.75 Å². The number of halogens is 4. The van der Waals surface area contributed by atoms with E-state index in [0.29, 0.717) is 0 Å². The minimum Gasteiger partial charge on any atom is -0.497 e. The van der Waals surface area contributed by atoms with Crippen LogP contribution in [-0.2, 0) is 6.18 Å². The van der Waals surface area contributed by atoms with Crippen molar-refractivity contribution >= 4 is 34.6 Å². The van der Waals surface area contributed by atoms with Crippen LogP contribution in [0.3, 0.4) is 0 Å². The Hall–Kier alpha value is -1.99. The molecule has 25 heavy (non-hydrogen) atoms. The molecule has 2 rings (SSSR count). The van der Waals surface area contributed by atoms with E-state index in [-0.39, 0.29) is 21.9 Å². The Kier molecular flexibility index (Phi) is 6.13. The molecule has 0 amide bonds. The maximum Gasteiger partial charge on any atom is 0.417 e. The second kappa shape index (κ2) is 7.93. The topological polar surface area (TPSA) is 33.3 Å². The first-order valence-corrected chi connectivity index (χ1v) is 8.07. The number of hydrogen-bond donors (Lipinski definition) is 2. The molecule has 0 radical (unpaired) electrons. The van der Waals surface area contributed by atoms with Gasteiger partial charge in [0.2, 0.25) is 0 Å². The van der Waals surface area contributed by atoms with E-state index in [0.717, 1.165) is 17.4 Å². The summed E-state index contributed by atoms with van der Waals surface area (Å²) in [4.78, 5) is 0. The van der Waals surface area contributed by atoms with Gasteiger partial charge in [-0.3, -0.25) is 0 Å². The highest BCUT2D eigenvalue weighted by Gasteiger charge is 2.33. The quantitative estimate of drug-likeness (QED) is 0.686. The standard InChI is InChI=1S/C17H16ClF3N2OS/c1-10(11-3-6-13(24-2)7-4-11)22-16(25)23-12-5-8-15(18)14(9-12)17(19,20)21/h3-10H,1-2H3,(H2,22,23,25)/t10-/m1/s1. The molecule has 0 aliphatic carbocycles. The lowest BCUT2D eigenvalue weighted by atomic mass is 10.1. The summed E-state index contributed by atoms with van der Waals surface area (Å²) in [5.41, 5.74) is 0.248. The van der Waals surface area contributed by atoms with Crippen molar-refractivity contribution in [2.45, 2.75) is 19.1 Å². The molecular formula is C17H16ClF3N2OS. The van der Waals surface area contributed by atoms with E-state index in [9.17, 15) is 13.2 Å². The Labute approximate surface area is 154 Å². The molecule has 3 nitrogen and oxygen atoms in total. The lowest BCUT2D eigenvalue weighted by Gasteiger charge is -2.18. The molecule has 0 aliphatic heterocycles. The van der Waals surface area contributed by atoms with Crippen LogP contribution in [0, 0.1) is 0 Å². The average Bonchev–Trinajstić information content (AvgIpc) is 2.55. The largest absolute Gasteiger partial charge is 0.497 e. The number of nitrogens with one attached hydrogen (secondary N) is 2. The highest BCUT2D eigenvalue weighted by Crippen LogP contribution is 2.36. The molecule has 1 atom stereocenters. The van der Waals surface area contributed by atoms with Gasteiger partial charge >= 0.3 is 6.18 Å². The van der Waals surface area contributed by atoms with Gasteiger partial charge in [-0.25, -0.2) is 0 Å². The van der Waals surface area contributed by atoms with Crippen LogP contribution in [0.1, 0.15) is 24.1 Å². The van der Waals surface area contributed by atoms with E-state index in [1.54, 1.807) is 7.11 Å². The Balaban J connectivity index is 2.04. The van der Waals surface area contributed by atoms with Crippen molar-refractivity contribution in [2.24, 2.45) is 0 Å². The smallest absolute Gasteiger partial charge is 0.417 e. The summed E-state index contributed by atoms with van der Waals surface area (Å²) >= 11 is 10.8. The summed E-state index contributed by atoms with van der Waals surface area (Å²) in [5, 5.41) is 5.61. The number of benzene rings is 2. The van der Waals surface area contributed by atoms with Crippen LogP contribution >= 0.6 is 23.8 Å². The van der Waals surface area contributed by atoms with Gasteiger partial charge in [-0.15, -0.1) is 0 Å². The first kappa shape index (κ1) is 19.3. The van der Waals surface area contributed by atoms with Crippen LogP contribution in [0.25, 0.3) is 0 Å². The summed E-state index contributed by atoms with van der Waals surface area (Å²) in [6.45, 7) is 1.89. The molecule has 2 aromatic carbocycles. The van der Waals surface area contributed by atoms with Crippen LogP contribution in [0.15, 0.2) is 42.5 Å². The van der Waals surface area contributed by atoms with Gasteiger partial charge in [0.15, 0.2) is 5.11 Å². The predicted molar refractivity (Wildman–Crippen MR) is 97.2 cm³/mol. The molecule has 2 N–H and O–H groups in total. The summed E-state index contributed by atoms with van der Waals surface area (Å²) < 4.78 is 43.8. The average molecular weight is 389 g/mol. The third-order valence-corrected chi connectivity index (χ3v) is 4.04. The van der Waals surface area contributed by atoms with Crippen LogP contribution in [0.5, 0.6) is 5.75 Å². The zero-order valence-electron chi connectivity index (χ0n) is 13.4. The Bertz CT molecular complexity index is 751. The van der Waals surface area contributed by atoms with E-state index >= 15 is 0 Å². The molecule has 0 aromatic heterocycles. The third kappa shape index (κ3) is 5.24. The van der Waals surface area contributed by atoms with Gasteiger partial charge in [-0.1, -0.05) is 23.7 Å². The molecule has 0 unspecified atom stereocenters. The number of hydrogen-bond acceptors (Lipinski definition) is 2. The summed E-state index contributed by atoms with van der Waals surface area (Å²) in [5.74, 6) is 0.734. The van der Waals surface area contributed by atoms with Crippen LogP contribution in [0.4, 0.5) is 18.9 Å². The molecule has 0 aliphatic rings. The van der Waals surface area contributed by atoms with Gasteiger partial charge < -0.3 is 15.4 Å². The number of rotatable bonds is 4. The fourth-order valence-corrected chi connectivity index (χ4v) is 2.68. The molecule has 0 bridgehead atoms. The summed E-state index contributed by atoms with van der Waals surface area (Å²) in [6, 6.07) is 10.8. The maximum atomic E-state index is 12.9. The zero-order chi connectivity index (χ0) is 18.6. The third-order valence-electron chi connectivity index (χ3n) is 3.49. The molecule has 8 heteroatoms. The van der Waals surface area contributed by atoms with E-state index in [2.05, 4.69) is 10.6 Å². The van der Waals surface area contributed by atoms with E-state index in [4.69, 9.17) is 28.6 Å². The number of ether oxygens (including phenoxy) is 1. The lowest BCUT2D eigenvalue weighted by molar-refractivity contribution is -0.137. The van der Waals surface area contributed by atoms with E-state index in [1.807, 2.05) is 31.2 Å². The van der Waals surface area contributed by atoms with Crippen molar-refractivity contribution in [3.05, 3.63) is 58.6 Å². The van der Waals surface area contributed by atoms with Crippen LogP contribution in [0.2, 0.25) is 5.02 Å². The van der Waals surface area contributed by atoms with Crippen molar-refractivity contribution in [1.82, 2.24) is 5.32 Å². The van der Waals surface area contributed by atoms with Gasteiger partial charge in [-0.2, -0.15) is 13.2 Å². The monoisotopic (exact) mass is 388 g/mol. The lowest BCUT2D eigenvalue weighted by Crippen LogP contribution is -2.31. The molecule has 0 heterocycles. The Morgan fingerprint density at radius 3 is 2.36 bits per heavy atom. The number of thiocarbonyl (C=S) groups is 1. The molecule has 2 aromatic rings. The SMILES string of the molecule is COc1ccc([C@@H](C)NC(=S)Nc2ccc(Cl)c(C(F)(F)F)c2)cc1. The van der Waals surface area contributed by atoms with Crippen LogP contribution < -0.4 is 15.4 Å². The summed E-state index contributed by atoms with van der Waals surface area (Å²) in [6.07, 6.45) is -4.53. The molecule has 0 saturated heterocycles. The molecule has 0 spiro atoms. The highest BCUT2D eigenvalue weighted by molar-refractivity contribution is 7.80.